The average Bonchev–Trinajstić information content (AvgIpc) is 2.80. The van der Waals surface area contributed by atoms with E-state index in [-0.39, 0.29) is 22.8 Å². The lowest BCUT2D eigenvalue weighted by Crippen LogP contribution is -1.83. The fourth-order valence-corrected chi connectivity index (χ4v) is 2.59. The van der Waals surface area contributed by atoms with Crippen molar-refractivity contribution in [3.63, 3.8) is 0 Å². The number of nitrogens with two attached hydrogens (primary N) is 1. The molecule has 3 N–H and O–H groups in total. The second-order valence-corrected chi connectivity index (χ2v) is 4.78. The van der Waals surface area contributed by atoms with Crippen molar-refractivity contribution in [2.75, 3.05) is 5.73 Å². The van der Waals surface area contributed by atoms with Crippen LogP contribution in [0.2, 0.25) is 0 Å². The van der Waals surface area contributed by atoms with Crippen molar-refractivity contribution in [2.45, 2.75) is 6.92 Å². The zero-order chi connectivity index (χ0) is 12.0. The van der Waals surface area contributed by atoms with E-state index in [0.29, 0.717) is 5.13 Å². The summed E-state index contributed by atoms with van der Waals surface area (Å²) in [7, 11) is 0. The Hall–Kier alpha value is -1.40. The van der Waals surface area contributed by atoms with Gasteiger partial charge < -0.3 is 10.7 Å². The summed E-state index contributed by atoms with van der Waals surface area (Å²) in [5.41, 5.74) is 9.22. The van der Waals surface area contributed by atoms with E-state index in [1.807, 2.05) is 12.3 Å². The van der Waals surface area contributed by atoms with Crippen molar-refractivity contribution >= 4 is 44.4 Å². The Bertz CT molecular complexity index is 704. The lowest BCUT2D eigenvalue weighted by Gasteiger charge is -1.96. The van der Waals surface area contributed by atoms with Crippen molar-refractivity contribution in [3.05, 3.63) is 35.1 Å². The first kappa shape index (κ1) is 13.0. The molecule has 2 heterocycles. The minimum absolute atomic E-state index is 0. The van der Waals surface area contributed by atoms with E-state index in [0.717, 1.165) is 27.9 Å². The molecule has 18 heavy (non-hydrogen) atoms. The minimum Gasteiger partial charge on any atom is -0.375 e. The molecule has 0 aliphatic carbocycles. The predicted molar refractivity (Wildman–Crippen MR) is 78.8 cm³/mol. The maximum Gasteiger partial charge on any atom is 0.180 e. The molecule has 3 nitrogen and oxygen atoms in total. The van der Waals surface area contributed by atoms with Crippen LogP contribution < -0.4 is 5.73 Å². The van der Waals surface area contributed by atoms with Crippen molar-refractivity contribution in [3.8, 4) is 11.3 Å². The van der Waals surface area contributed by atoms with Gasteiger partial charge in [0.25, 0.3) is 0 Å². The number of nitrogen functional groups attached to an aromatic ring is 1. The summed E-state index contributed by atoms with van der Waals surface area (Å²) in [5, 5.41) is 3.42. The van der Waals surface area contributed by atoms with Crippen LogP contribution in [0.25, 0.3) is 22.2 Å². The van der Waals surface area contributed by atoms with E-state index in [1.165, 1.54) is 23.5 Å². The first-order valence-electron chi connectivity index (χ1n) is 5.14. The highest BCUT2D eigenvalue weighted by molar-refractivity contribution is 8.93. The fourth-order valence-electron chi connectivity index (χ4n) is 2.04. The Kier molecular flexibility index (Phi) is 3.41. The summed E-state index contributed by atoms with van der Waals surface area (Å²) < 4.78 is 13.1. The van der Waals surface area contributed by atoms with E-state index in [9.17, 15) is 4.39 Å². The molecule has 0 unspecified atom stereocenters. The Morgan fingerprint density at radius 2 is 2.17 bits per heavy atom. The molecular formula is C12H11BrFN3S. The molecule has 0 fully saturated rings. The van der Waals surface area contributed by atoms with Crippen molar-refractivity contribution in [1.82, 2.24) is 9.97 Å². The third kappa shape index (κ3) is 2.02. The van der Waals surface area contributed by atoms with Gasteiger partial charge in [-0.2, -0.15) is 0 Å². The van der Waals surface area contributed by atoms with E-state index in [2.05, 4.69) is 9.97 Å². The normalized spacial score (nSPS) is 10.6. The van der Waals surface area contributed by atoms with Crippen LogP contribution in [0, 0.1) is 12.7 Å². The van der Waals surface area contributed by atoms with Crippen LogP contribution >= 0.6 is 28.3 Å². The van der Waals surface area contributed by atoms with Crippen LogP contribution in [0.1, 0.15) is 5.69 Å². The van der Waals surface area contributed by atoms with Crippen LogP contribution in [0.5, 0.6) is 0 Å². The minimum atomic E-state index is -0.247. The highest BCUT2D eigenvalue weighted by Gasteiger charge is 2.13. The summed E-state index contributed by atoms with van der Waals surface area (Å²) in [4.78, 5) is 7.43. The molecule has 0 aliphatic rings. The first-order valence-corrected chi connectivity index (χ1v) is 6.02. The maximum absolute atomic E-state index is 13.1. The summed E-state index contributed by atoms with van der Waals surface area (Å²) in [6, 6.07) is 4.70. The standard InChI is InChI=1S/C12H10FN3S.BrH/c1-6-11(10-5-17-12(14)16-10)8-3-2-7(13)4-9(8)15-6;/h2-5,15H,1H3,(H2,14,16);1H. The number of halogens is 2. The first-order chi connectivity index (χ1) is 8.15. The predicted octanol–water partition coefficient (Wildman–Crippen LogP) is 3.90. The van der Waals surface area contributed by atoms with Crippen LogP contribution in [-0.2, 0) is 0 Å². The zero-order valence-corrected chi connectivity index (χ0v) is 12.1. The molecule has 6 heteroatoms. The number of aryl methyl sites for hydroxylation is 1. The van der Waals surface area contributed by atoms with Crippen molar-refractivity contribution in [1.29, 1.82) is 0 Å². The van der Waals surface area contributed by atoms with Gasteiger partial charge in [0.15, 0.2) is 5.13 Å². The average molecular weight is 328 g/mol. The second-order valence-electron chi connectivity index (χ2n) is 3.89. The SMILES string of the molecule is Br.Cc1[nH]c2cc(F)ccc2c1-c1csc(N)n1. The van der Waals surface area contributed by atoms with Gasteiger partial charge in [-0.1, -0.05) is 0 Å². The number of rotatable bonds is 1. The molecule has 0 aliphatic heterocycles. The highest BCUT2D eigenvalue weighted by atomic mass is 79.9. The number of fused-ring (bicyclic) bond motifs is 1. The Morgan fingerprint density at radius 1 is 1.39 bits per heavy atom. The topological polar surface area (TPSA) is 54.7 Å². The van der Waals surface area contributed by atoms with Gasteiger partial charge in [0.2, 0.25) is 0 Å². The molecule has 3 rings (SSSR count). The van der Waals surface area contributed by atoms with Gasteiger partial charge in [-0.15, -0.1) is 28.3 Å². The molecule has 94 valence electrons. The van der Waals surface area contributed by atoms with Crippen LogP contribution in [0.15, 0.2) is 23.6 Å². The van der Waals surface area contributed by atoms with E-state index < -0.39 is 0 Å². The molecule has 1 aromatic carbocycles. The summed E-state index contributed by atoms with van der Waals surface area (Å²) >= 11 is 1.40. The molecule has 0 saturated heterocycles. The number of aromatic amines is 1. The highest BCUT2D eigenvalue weighted by Crippen LogP contribution is 2.33. The smallest absolute Gasteiger partial charge is 0.180 e. The van der Waals surface area contributed by atoms with E-state index >= 15 is 0 Å². The van der Waals surface area contributed by atoms with Crippen LogP contribution in [0.4, 0.5) is 9.52 Å². The van der Waals surface area contributed by atoms with Crippen LogP contribution in [-0.4, -0.2) is 9.97 Å². The van der Waals surface area contributed by atoms with Crippen molar-refractivity contribution in [2.24, 2.45) is 0 Å². The number of anilines is 1. The summed E-state index contributed by atoms with van der Waals surface area (Å²) in [5.74, 6) is -0.247. The quantitative estimate of drug-likeness (QED) is 0.712. The monoisotopic (exact) mass is 327 g/mol. The van der Waals surface area contributed by atoms with Crippen LogP contribution in [0.3, 0.4) is 0 Å². The number of nitrogens with zero attached hydrogens (tertiary/aromatic N) is 1. The van der Waals surface area contributed by atoms with Gasteiger partial charge in [-0.05, 0) is 25.1 Å². The maximum atomic E-state index is 13.1. The molecular weight excluding hydrogens is 317 g/mol. The lowest BCUT2D eigenvalue weighted by molar-refractivity contribution is 0.629. The largest absolute Gasteiger partial charge is 0.375 e. The fraction of sp³-hybridized carbons (Fsp3) is 0.0833. The summed E-state index contributed by atoms with van der Waals surface area (Å²) in [6.07, 6.45) is 0. The van der Waals surface area contributed by atoms with Gasteiger partial charge in [-0.3, -0.25) is 0 Å². The zero-order valence-electron chi connectivity index (χ0n) is 9.53. The third-order valence-corrected chi connectivity index (χ3v) is 3.40. The van der Waals surface area contributed by atoms with E-state index in [4.69, 9.17) is 5.73 Å². The molecule has 2 aromatic heterocycles. The number of hydrogen-bond donors (Lipinski definition) is 2. The number of thiazole rings is 1. The van der Waals surface area contributed by atoms with E-state index in [1.54, 1.807) is 6.07 Å². The number of hydrogen-bond acceptors (Lipinski definition) is 3. The van der Waals surface area contributed by atoms with Gasteiger partial charge in [0.1, 0.15) is 5.82 Å². The van der Waals surface area contributed by atoms with Gasteiger partial charge in [0.05, 0.1) is 5.69 Å². The Balaban J connectivity index is 0.00000120. The Labute approximate surface area is 118 Å². The third-order valence-electron chi connectivity index (χ3n) is 2.73. The lowest BCUT2D eigenvalue weighted by atomic mass is 10.1. The number of benzene rings is 1. The number of H-pyrrole nitrogens is 1. The van der Waals surface area contributed by atoms with Gasteiger partial charge in [-0.25, -0.2) is 9.37 Å². The second kappa shape index (κ2) is 4.70. The van der Waals surface area contributed by atoms with Crippen molar-refractivity contribution < 1.29 is 4.39 Å². The number of nitrogens with one attached hydrogen (secondary N) is 1. The Morgan fingerprint density at radius 3 is 2.83 bits per heavy atom. The molecule has 0 saturated carbocycles. The van der Waals surface area contributed by atoms with Gasteiger partial charge in [0, 0.05) is 27.5 Å². The molecule has 0 radical (unpaired) electrons. The number of aromatic nitrogens is 2. The molecule has 0 bridgehead atoms. The molecule has 3 aromatic rings. The molecule has 0 spiro atoms. The summed E-state index contributed by atoms with van der Waals surface area (Å²) in [6.45, 7) is 1.95. The van der Waals surface area contributed by atoms with Gasteiger partial charge >= 0.3 is 0 Å². The molecule has 0 atom stereocenters. The molecule has 0 amide bonds.